The van der Waals surface area contributed by atoms with Crippen LogP contribution in [0.3, 0.4) is 0 Å². The van der Waals surface area contributed by atoms with Crippen LogP contribution in [0.5, 0.6) is 0 Å². The number of carbonyl (C=O) groups is 1. The van der Waals surface area contributed by atoms with Gasteiger partial charge in [0.15, 0.2) is 0 Å². The van der Waals surface area contributed by atoms with Crippen molar-refractivity contribution in [3.05, 3.63) is 12.4 Å². The topological polar surface area (TPSA) is 59.4 Å². The molecular formula is C18H32N4O2. The molecule has 0 unspecified atom stereocenters. The molecule has 2 heterocycles. The molecule has 1 aromatic heterocycles. The third kappa shape index (κ3) is 5.42. The fourth-order valence-electron chi connectivity index (χ4n) is 3.08. The highest BCUT2D eigenvalue weighted by atomic mass is 16.6. The first-order chi connectivity index (χ1) is 11.3. The van der Waals surface area contributed by atoms with Crippen molar-refractivity contribution in [3.63, 3.8) is 0 Å². The minimum absolute atomic E-state index is 0.199. The monoisotopic (exact) mass is 336 g/mol. The third-order valence-corrected chi connectivity index (χ3v) is 4.30. The molecule has 1 amide bonds. The molecule has 1 aliphatic rings. The summed E-state index contributed by atoms with van der Waals surface area (Å²) in [6.45, 7) is 12.5. The Balaban J connectivity index is 1.89. The van der Waals surface area contributed by atoms with Gasteiger partial charge >= 0.3 is 6.09 Å². The summed E-state index contributed by atoms with van der Waals surface area (Å²) in [6, 6.07) is 0.287. The first kappa shape index (κ1) is 18.6. The Bertz CT molecular complexity index is 535. The Morgan fingerprint density at radius 1 is 1.50 bits per heavy atom. The van der Waals surface area contributed by atoms with E-state index in [4.69, 9.17) is 4.74 Å². The second-order valence-electron chi connectivity index (χ2n) is 7.75. The average molecular weight is 336 g/mol. The van der Waals surface area contributed by atoms with E-state index in [1.54, 1.807) is 0 Å². The Morgan fingerprint density at radius 2 is 2.25 bits per heavy atom. The van der Waals surface area contributed by atoms with Crippen LogP contribution in [0.2, 0.25) is 0 Å². The molecule has 6 heteroatoms. The van der Waals surface area contributed by atoms with Gasteiger partial charge in [-0.1, -0.05) is 6.92 Å². The Labute approximate surface area is 145 Å². The molecule has 1 saturated heterocycles. The summed E-state index contributed by atoms with van der Waals surface area (Å²) >= 11 is 0. The maximum atomic E-state index is 12.3. The molecule has 2 atom stereocenters. The van der Waals surface area contributed by atoms with Gasteiger partial charge in [-0.2, -0.15) is 5.10 Å². The summed E-state index contributed by atoms with van der Waals surface area (Å²) in [4.78, 5) is 14.1. The van der Waals surface area contributed by atoms with Gasteiger partial charge in [0.25, 0.3) is 0 Å². The SMILES string of the molecule is CCCn1cc(N[C@H](C)[C@H]2CCCN(C(=O)OC(C)(C)C)C2)cn1. The third-order valence-electron chi connectivity index (χ3n) is 4.30. The molecule has 0 bridgehead atoms. The van der Waals surface area contributed by atoms with E-state index in [0.29, 0.717) is 5.92 Å². The number of anilines is 1. The van der Waals surface area contributed by atoms with Crippen molar-refractivity contribution in [1.82, 2.24) is 14.7 Å². The van der Waals surface area contributed by atoms with Gasteiger partial charge in [0.2, 0.25) is 0 Å². The molecule has 6 nitrogen and oxygen atoms in total. The van der Waals surface area contributed by atoms with Gasteiger partial charge in [-0.05, 0) is 52.9 Å². The van der Waals surface area contributed by atoms with E-state index in [-0.39, 0.29) is 12.1 Å². The van der Waals surface area contributed by atoms with Gasteiger partial charge in [-0.3, -0.25) is 4.68 Å². The molecule has 0 aromatic carbocycles. The highest BCUT2D eigenvalue weighted by molar-refractivity contribution is 5.68. The highest BCUT2D eigenvalue weighted by Crippen LogP contribution is 2.24. The Morgan fingerprint density at radius 3 is 2.92 bits per heavy atom. The molecular weight excluding hydrogens is 304 g/mol. The summed E-state index contributed by atoms with van der Waals surface area (Å²) in [6.07, 6.45) is 6.94. The predicted octanol–water partition coefficient (Wildman–Crippen LogP) is 3.74. The lowest BCUT2D eigenvalue weighted by Gasteiger charge is -2.36. The molecule has 136 valence electrons. The summed E-state index contributed by atoms with van der Waals surface area (Å²) in [7, 11) is 0. The number of piperidine rings is 1. The van der Waals surface area contributed by atoms with E-state index in [0.717, 1.165) is 44.6 Å². The lowest BCUT2D eigenvalue weighted by molar-refractivity contribution is 0.0159. The van der Waals surface area contributed by atoms with Gasteiger partial charge in [-0.15, -0.1) is 0 Å². The van der Waals surface area contributed by atoms with Crippen molar-refractivity contribution >= 4 is 11.8 Å². The first-order valence-electron chi connectivity index (χ1n) is 9.05. The van der Waals surface area contributed by atoms with Crippen molar-refractivity contribution in [1.29, 1.82) is 0 Å². The molecule has 0 spiro atoms. The van der Waals surface area contributed by atoms with Gasteiger partial charge in [0.1, 0.15) is 5.60 Å². The molecule has 1 aliphatic heterocycles. The van der Waals surface area contributed by atoms with Crippen LogP contribution in [0, 0.1) is 5.92 Å². The maximum Gasteiger partial charge on any atom is 0.410 e. The number of hydrogen-bond donors (Lipinski definition) is 1. The normalized spacial score (nSPS) is 19.9. The lowest BCUT2D eigenvalue weighted by atomic mass is 9.91. The smallest absolute Gasteiger partial charge is 0.410 e. The van der Waals surface area contributed by atoms with E-state index in [9.17, 15) is 4.79 Å². The van der Waals surface area contributed by atoms with Gasteiger partial charge in [-0.25, -0.2) is 4.79 Å². The van der Waals surface area contributed by atoms with E-state index < -0.39 is 5.60 Å². The second kappa shape index (κ2) is 7.90. The lowest BCUT2D eigenvalue weighted by Crippen LogP contribution is -2.46. The fourth-order valence-corrected chi connectivity index (χ4v) is 3.08. The van der Waals surface area contributed by atoms with Crippen LogP contribution in [0.4, 0.5) is 10.5 Å². The second-order valence-corrected chi connectivity index (χ2v) is 7.75. The predicted molar refractivity (Wildman–Crippen MR) is 96.1 cm³/mol. The Kier molecular flexibility index (Phi) is 6.13. The number of rotatable bonds is 5. The molecule has 2 rings (SSSR count). The van der Waals surface area contributed by atoms with Crippen molar-refractivity contribution < 1.29 is 9.53 Å². The van der Waals surface area contributed by atoms with Crippen LogP contribution in [-0.4, -0.2) is 45.5 Å². The number of hydrogen-bond acceptors (Lipinski definition) is 4. The van der Waals surface area contributed by atoms with Crippen LogP contribution in [0.1, 0.15) is 53.9 Å². The van der Waals surface area contributed by atoms with Crippen molar-refractivity contribution in [2.75, 3.05) is 18.4 Å². The minimum atomic E-state index is -0.443. The van der Waals surface area contributed by atoms with E-state index >= 15 is 0 Å². The summed E-state index contributed by atoms with van der Waals surface area (Å²) in [5, 5.41) is 7.89. The van der Waals surface area contributed by atoms with E-state index in [1.165, 1.54) is 0 Å². The molecule has 1 aromatic rings. The zero-order valence-corrected chi connectivity index (χ0v) is 15.7. The highest BCUT2D eigenvalue weighted by Gasteiger charge is 2.30. The zero-order valence-electron chi connectivity index (χ0n) is 15.7. The number of aryl methyl sites for hydroxylation is 1. The van der Waals surface area contributed by atoms with Crippen LogP contribution in [-0.2, 0) is 11.3 Å². The molecule has 0 aliphatic carbocycles. The number of nitrogens with zero attached hydrogens (tertiary/aromatic N) is 3. The quantitative estimate of drug-likeness (QED) is 0.890. The van der Waals surface area contributed by atoms with Crippen LogP contribution < -0.4 is 5.32 Å². The number of likely N-dealkylation sites (tertiary alicyclic amines) is 1. The summed E-state index contributed by atoms with van der Waals surface area (Å²) in [5.74, 6) is 0.417. The number of amides is 1. The van der Waals surface area contributed by atoms with Gasteiger partial charge < -0.3 is 15.0 Å². The molecule has 24 heavy (non-hydrogen) atoms. The standard InChI is InChI=1S/C18H32N4O2/c1-6-9-22-13-16(11-19-22)20-14(2)15-8-7-10-21(12-15)17(23)24-18(3,4)5/h11,13-15,20H,6-10,12H2,1-5H3/t14-,15+/m1/s1. The largest absolute Gasteiger partial charge is 0.444 e. The molecule has 1 fully saturated rings. The average Bonchev–Trinajstić information content (AvgIpc) is 2.93. The van der Waals surface area contributed by atoms with Crippen molar-refractivity contribution in [2.24, 2.45) is 5.92 Å². The van der Waals surface area contributed by atoms with Gasteiger partial charge in [0.05, 0.1) is 11.9 Å². The van der Waals surface area contributed by atoms with Crippen LogP contribution >= 0.6 is 0 Å². The minimum Gasteiger partial charge on any atom is -0.444 e. The number of carbonyl (C=O) groups excluding carboxylic acids is 1. The van der Waals surface area contributed by atoms with Crippen molar-refractivity contribution in [2.45, 2.75) is 72.1 Å². The number of aromatic nitrogens is 2. The first-order valence-corrected chi connectivity index (χ1v) is 9.05. The molecule has 0 saturated carbocycles. The number of nitrogens with one attached hydrogen (secondary N) is 1. The van der Waals surface area contributed by atoms with E-state index in [1.807, 2.05) is 36.5 Å². The summed E-state index contributed by atoms with van der Waals surface area (Å²) in [5.41, 5.74) is 0.604. The molecule has 1 N–H and O–H groups in total. The van der Waals surface area contributed by atoms with Crippen LogP contribution in [0.15, 0.2) is 12.4 Å². The zero-order chi connectivity index (χ0) is 17.7. The maximum absolute atomic E-state index is 12.3. The number of ether oxygens (including phenoxy) is 1. The van der Waals surface area contributed by atoms with E-state index in [2.05, 4.69) is 30.5 Å². The fraction of sp³-hybridized carbons (Fsp3) is 0.778. The Hall–Kier alpha value is -1.72. The van der Waals surface area contributed by atoms with Crippen molar-refractivity contribution in [3.8, 4) is 0 Å². The van der Waals surface area contributed by atoms with Crippen LogP contribution in [0.25, 0.3) is 0 Å². The van der Waals surface area contributed by atoms with Gasteiger partial charge in [0, 0.05) is 31.9 Å². The molecule has 0 radical (unpaired) electrons. The summed E-state index contributed by atoms with van der Waals surface area (Å²) < 4.78 is 7.47.